The van der Waals surface area contributed by atoms with Crippen LogP contribution < -0.4 is 4.74 Å². The SMILES string of the molecule is Cc1noc(C(C)OC(=O)c2ccc3c(c2)CCO3)n1. The summed E-state index contributed by atoms with van der Waals surface area (Å²) in [6.45, 7) is 4.06. The van der Waals surface area contributed by atoms with Crippen molar-refractivity contribution in [2.45, 2.75) is 26.4 Å². The Hall–Kier alpha value is -2.37. The molecule has 3 rings (SSSR count). The van der Waals surface area contributed by atoms with Gasteiger partial charge >= 0.3 is 5.97 Å². The quantitative estimate of drug-likeness (QED) is 0.799. The summed E-state index contributed by atoms with van der Waals surface area (Å²) in [6, 6.07) is 5.29. The van der Waals surface area contributed by atoms with Crippen molar-refractivity contribution in [1.29, 1.82) is 0 Å². The van der Waals surface area contributed by atoms with Crippen LogP contribution in [-0.4, -0.2) is 22.7 Å². The van der Waals surface area contributed by atoms with E-state index < -0.39 is 12.1 Å². The first-order valence-corrected chi connectivity index (χ1v) is 6.40. The molecule has 2 aromatic rings. The topological polar surface area (TPSA) is 74.5 Å². The fourth-order valence-electron chi connectivity index (χ4n) is 2.07. The Balaban J connectivity index is 1.73. The molecule has 1 aliphatic heterocycles. The van der Waals surface area contributed by atoms with Crippen LogP contribution in [-0.2, 0) is 11.2 Å². The van der Waals surface area contributed by atoms with Gasteiger partial charge < -0.3 is 14.0 Å². The second-order valence-electron chi connectivity index (χ2n) is 4.65. The highest BCUT2D eigenvalue weighted by Gasteiger charge is 2.20. The Bertz CT molecular complexity index is 650. The number of fused-ring (bicyclic) bond motifs is 1. The predicted octanol–water partition coefficient (Wildman–Crippen LogP) is 2.23. The molecule has 1 aromatic carbocycles. The van der Waals surface area contributed by atoms with Gasteiger partial charge in [-0.05, 0) is 37.6 Å². The second-order valence-corrected chi connectivity index (χ2v) is 4.65. The fraction of sp³-hybridized carbons (Fsp3) is 0.357. The highest BCUT2D eigenvalue weighted by molar-refractivity contribution is 5.90. The molecule has 0 radical (unpaired) electrons. The van der Waals surface area contributed by atoms with Gasteiger partial charge in [0.15, 0.2) is 11.9 Å². The van der Waals surface area contributed by atoms with Crippen LogP contribution in [0.25, 0.3) is 0 Å². The van der Waals surface area contributed by atoms with Gasteiger partial charge in [0, 0.05) is 6.42 Å². The van der Waals surface area contributed by atoms with Crippen molar-refractivity contribution in [2.75, 3.05) is 6.61 Å². The van der Waals surface area contributed by atoms with Crippen molar-refractivity contribution >= 4 is 5.97 Å². The molecular weight excluding hydrogens is 260 g/mol. The molecule has 104 valence electrons. The number of rotatable bonds is 3. The molecule has 0 bridgehead atoms. The van der Waals surface area contributed by atoms with Crippen LogP contribution in [0.5, 0.6) is 5.75 Å². The number of carbonyl (C=O) groups is 1. The lowest BCUT2D eigenvalue weighted by Crippen LogP contribution is -2.09. The van der Waals surface area contributed by atoms with Gasteiger partial charge in [-0.3, -0.25) is 0 Å². The number of ether oxygens (including phenoxy) is 2. The van der Waals surface area contributed by atoms with E-state index in [0.29, 0.717) is 23.9 Å². The normalized spacial score (nSPS) is 14.5. The molecule has 6 nitrogen and oxygen atoms in total. The summed E-state index contributed by atoms with van der Waals surface area (Å²) in [4.78, 5) is 16.1. The summed E-state index contributed by atoms with van der Waals surface area (Å²) in [5.41, 5.74) is 1.53. The standard InChI is InChI=1S/C14H14N2O4/c1-8(13-15-9(2)16-20-13)19-14(17)11-3-4-12-10(7-11)5-6-18-12/h3-4,7-8H,5-6H2,1-2H3. The van der Waals surface area contributed by atoms with E-state index in [0.717, 1.165) is 17.7 Å². The molecule has 0 N–H and O–H groups in total. The maximum atomic E-state index is 12.1. The van der Waals surface area contributed by atoms with Crippen molar-refractivity contribution < 1.29 is 18.8 Å². The molecule has 6 heteroatoms. The first-order valence-electron chi connectivity index (χ1n) is 6.40. The van der Waals surface area contributed by atoms with Crippen LogP contribution in [0.1, 0.15) is 40.7 Å². The molecule has 1 atom stereocenters. The second kappa shape index (κ2) is 4.96. The van der Waals surface area contributed by atoms with E-state index in [2.05, 4.69) is 10.1 Å². The maximum absolute atomic E-state index is 12.1. The smallest absolute Gasteiger partial charge is 0.338 e. The van der Waals surface area contributed by atoms with Crippen molar-refractivity contribution in [3.8, 4) is 5.75 Å². The molecule has 1 aromatic heterocycles. The minimum Gasteiger partial charge on any atom is -0.493 e. The summed E-state index contributed by atoms with van der Waals surface area (Å²) < 4.78 is 15.7. The van der Waals surface area contributed by atoms with Gasteiger partial charge in [-0.15, -0.1) is 0 Å². The molecule has 0 spiro atoms. The van der Waals surface area contributed by atoms with E-state index in [4.69, 9.17) is 14.0 Å². The maximum Gasteiger partial charge on any atom is 0.338 e. The number of aromatic nitrogens is 2. The van der Waals surface area contributed by atoms with Gasteiger partial charge in [0.25, 0.3) is 5.89 Å². The highest BCUT2D eigenvalue weighted by atomic mass is 16.6. The zero-order valence-corrected chi connectivity index (χ0v) is 11.3. The molecule has 1 unspecified atom stereocenters. The Morgan fingerprint density at radius 3 is 3.05 bits per heavy atom. The fourth-order valence-corrected chi connectivity index (χ4v) is 2.07. The van der Waals surface area contributed by atoms with Crippen molar-refractivity contribution in [1.82, 2.24) is 10.1 Å². The number of benzene rings is 1. The third-order valence-corrected chi connectivity index (χ3v) is 3.10. The minimum absolute atomic E-state index is 0.292. The monoisotopic (exact) mass is 274 g/mol. The largest absolute Gasteiger partial charge is 0.493 e. The third kappa shape index (κ3) is 2.36. The van der Waals surface area contributed by atoms with Gasteiger partial charge in [-0.1, -0.05) is 5.16 Å². The molecule has 0 saturated heterocycles. The number of hydrogen-bond acceptors (Lipinski definition) is 6. The molecular formula is C14H14N2O4. The molecule has 0 aliphatic carbocycles. The van der Waals surface area contributed by atoms with E-state index in [-0.39, 0.29) is 0 Å². The zero-order chi connectivity index (χ0) is 14.1. The average Bonchev–Trinajstić information content (AvgIpc) is 3.05. The van der Waals surface area contributed by atoms with Gasteiger partial charge in [0.05, 0.1) is 12.2 Å². The van der Waals surface area contributed by atoms with Crippen molar-refractivity contribution in [3.05, 3.63) is 41.0 Å². The Morgan fingerprint density at radius 1 is 1.45 bits per heavy atom. The number of aryl methyl sites for hydroxylation is 1. The number of carbonyl (C=O) groups excluding carboxylic acids is 1. The Kier molecular flexibility index (Phi) is 3.14. The average molecular weight is 274 g/mol. The summed E-state index contributed by atoms with van der Waals surface area (Å²) in [7, 11) is 0. The van der Waals surface area contributed by atoms with Crippen LogP contribution in [0.15, 0.2) is 22.7 Å². The van der Waals surface area contributed by atoms with Crippen LogP contribution in [0, 0.1) is 6.92 Å². The number of nitrogens with zero attached hydrogens (tertiary/aromatic N) is 2. The van der Waals surface area contributed by atoms with Crippen LogP contribution in [0.3, 0.4) is 0 Å². The number of esters is 1. The van der Waals surface area contributed by atoms with Gasteiger partial charge in [-0.25, -0.2) is 4.79 Å². The molecule has 2 heterocycles. The molecule has 0 saturated carbocycles. The first kappa shape index (κ1) is 12.7. The minimum atomic E-state index is -0.576. The summed E-state index contributed by atoms with van der Waals surface area (Å²) in [6.07, 6.45) is 0.239. The lowest BCUT2D eigenvalue weighted by Gasteiger charge is -2.09. The Morgan fingerprint density at radius 2 is 2.30 bits per heavy atom. The van der Waals surface area contributed by atoms with Crippen molar-refractivity contribution in [2.24, 2.45) is 0 Å². The molecule has 0 amide bonds. The Labute approximate surface area is 115 Å². The van der Waals surface area contributed by atoms with Crippen molar-refractivity contribution in [3.63, 3.8) is 0 Å². The number of hydrogen-bond donors (Lipinski definition) is 0. The summed E-state index contributed by atoms with van der Waals surface area (Å²) >= 11 is 0. The summed E-state index contributed by atoms with van der Waals surface area (Å²) in [5, 5.41) is 3.67. The highest BCUT2D eigenvalue weighted by Crippen LogP contribution is 2.27. The molecule has 1 aliphatic rings. The summed E-state index contributed by atoms with van der Waals surface area (Å²) in [5.74, 6) is 1.23. The van der Waals surface area contributed by atoms with E-state index in [1.165, 1.54) is 0 Å². The predicted molar refractivity (Wildman–Crippen MR) is 68.5 cm³/mol. The first-order chi connectivity index (χ1) is 9.63. The van der Waals surface area contributed by atoms with E-state index in [1.54, 1.807) is 32.0 Å². The van der Waals surface area contributed by atoms with Crippen LogP contribution >= 0.6 is 0 Å². The lowest BCUT2D eigenvalue weighted by atomic mass is 10.1. The van der Waals surface area contributed by atoms with Gasteiger partial charge in [0.2, 0.25) is 0 Å². The van der Waals surface area contributed by atoms with E-state index in [9.17, 15) is 4.79 Å². The van der Waals surface area contributed by atoms with E-state index in [1.807, 2.05) is 0 Å². The van der Waals surface area contributed by atoms with Gasteiger partial charge in [0.1, 0.15) is 5.75 Å². The van der Waals surface area contributed by atoms with Gasteiger partial charge in [-0.2, -0.15) is 4.98 Å². The molecule has 20 heavy (non-hydrogen) atoms. The van der Waals surface area contributed by atoms with Crippen LogP contribution in [0.2, 0.25) is 0 Å². The zero-order valence-electron chi connectivity index (χ0n) is 11.3. The third-order valence-electron chi connectivity index (χ3n) is 3.10. The van der Waals surface area contributed by atoms with Crippen LogP contribution in [0.4, 0.5) is 0 Å². The molecule has 0 fully saturated rings. The van der Waals surface area contributed by atoms with E-state index >= 15 is 0 Å². The lowest BCUT2D eigenvalue weighted by molar-refractivity contribution is 0.0265.